The summed E-state index contributed by atoms with van der Waals surface area (Å²) >= 11 is 0. The van der Waals surface area contributed by atoms with Gasteiger partial charge in [0.05, 0.1) is 5.69 Å². The Bertz CT molecular complexity index is 590. The quantitative estimate of drug-likeness (QED) is 0.804. The van der Waals surface area contributed by atoms with E-state index < -0.39 is 0 Å². The van der Waals surface area contributed by atoms with Gasteiger partial charge in [-0.05, 0) is 37.5 Å². The second-order valence-electron chi connectivity index (χ2n) is 7.38. The zero-order valence-corrected chi connectivity index (χ0v) is 15.3. The van der Waals surface area contributed by atoms with Crippen LogP contribution in [0.15, 0.2) is 0 Å². The van der Waals surface area contributed by atoms with Crippen molar-refractivity contribution in [2.24, 2.45) is 11.8 Å². The molecule has 1 aliphatic rings. The first-order valence-corrected chi connectivity index (χ1v) is 9.06. The van der Waals surface area contributed by atoms with Gasteiger partial charge < -0.3 is 15.2 Å². The zero-order chi connectivity index (χ0) is 17.7. The summed E-state index contributed by atoms with van der Waals surface area (Å²) in [5, 5.41) is 5.84. The topological polar surface area (TPSA) is 76.0 Å². The van der Waals surface area contributed by atoms with Crippen LogP contribution in [0.2, 0.25) is 0 Å². The fraction of sp³-hybridized carbons (Fsp3) is 0.722. The molecule has 0 saturated carbocycles. The van der Waals surface area contributed by atoms with E-state index in [9.17, 15) is 9.59 Å². The number of hydrogen-bond donors (Lipinski definition) is 2. The van der Waals surface area contributed by atoms with Gasteiger partial charge in [0.2, 0.25) is 0 Å². The van der Waals surface area contributed by atoms with Gasteiger partial charge in [-0.2, -0.15) is 0 Å². The molecule has 0 radical (unpaired) electrons. The summed E-state index contributed by atoms with van der Waals surface area (Å²) in [6, 6.07) is 0. The molecule has 6 nitrogen and oxygen atoms in total. The molecule has 2 rings (SSSR count). The van der Waals surface area contributed by atoms with Crippen molar-refractivity contribution < 1.29 is 9.59 Å². The third kappa shape index (κ3) is 4.58. The van der Waals surface area contributed by atoms with Crippen LogP contribution in [-0.2, 0) is 13.0 Å². The maximum Gasteiger partial charge on any atom is 0.287 e. The van der Waals surface area contributed by atoms with Crippen molar-refractivity contribution in [3.63, 3.8) is 0 Å². The number of imidazole rings is 1. The van der Waals surface area contributed by atoms with Crippen LogP contribution in [-0.4, -0.2) is 34.5 Å². The molecular formula is C18H30N4O2. The van der Waals surface area contributed by atoms with E-state index in [-0.39, 0.29) is 11.8 Å². The second-order valence-corrected chi connectivity index (χ2v) is 7.38. The predicted molar refractivity (Wildman–Crippen MR) is 94.1 cm³/mol. The minimum absolute atomic E-state index is 0.163. The van der Waals surface area contributed by atoms with Crippen molar-refractivity contribution in [1.29, 1.82) is 0 Å². The van der Waals surface area contributed by atoms with E-state index in [1.165, 1.54) is 0 Å². The monoisotopic (exact) mass is 334 g/mol. The lowest BCUT2D eigenvalue weighted by atomic mass is 10.1. The first kappa shape index (κ1) is 18.5. The molecule has 2 amide bonds. The van der Waals surface area contributed by atoms with Crippen LogP contribution in [0.5, 0.6) is 0 Å². The molecule has 0 aromatic carbocycles. The van der Waals surface area contributed by atoms with Gasteiger partial charge in [-0.1, -0.05) is 27.7 Å². The second kappa shape index (κ2) is 8.31. The summed E-state index contributed by atoms with van der Waals surface area (Å²) in [6.07, 6.45) is 3.79. The largest absolute Gasteiger partial charge is 0.351 e. The molecule has 1 aromatic heterocycles. The lowest BCUT2D eigenvalue weighted by Gasteiger charge is -2.17. The van der Waals surface area contributed by atoms with E-state index in [2.05, 4.69) is 43.3 Å². The molecule has 134 valence electrons. The van der Waals surface area contributed by atoms with Crippen molar-refractivity contribution in [3.8, 4) is 0 Å². The number of nitrogens with one attached hydrogen (secondary N) is 2. The summed E-state index contributed by atoms with van der Waals surface area (Å²) in [5.41, 5.74) is 1.33. The van der Waals surface area contributed by atoms with Crippen LogP contribution in [0, 0.1) is 11.8 Å². The van der Waals surface area contributed by atoms with Gasteiger partial charge in [0.15, 0.2) is 5.82 Å². The summed E-state index contributed by atoms with van der Waals surface area (Å²) in [6.45, 7) is 10.4. The Morgan fingerprint density at radius 1 is 1.08 bits per heavy atom. The van der Waals surface area contributed by atoms with E-state index in [0.29, 0.717) is 36.4 Å². The molecule has 1 aliphatic heterocycles. The molecule has 0 spiro atoms. The Hall–Kier alpha value is -1.85. The van der Waals surface area contributed by atoms with Crippen molar-refractivity contribution in [1.82, 2.24) is 20.2 Å². The summed E-state index contributed by atoms with van der Waals surface area (Å²) in [5.74, 6) is 0.943. The van der Waals surface area contributed by atoms with Gasteiger partial charge in [-0.15, -0.1) is 0 Å². The van der Waals surface area contributed by atoms with Crippen LogP contribution < -0.4 is 10.6 Å². The summed E-state index contributed by atoms with van der Waals surface area (Å²) < 4.78 is 1.93. The molecule has 6 heteroatoms. The molecule has 0 unspecified atom stereocenters. The standard InChI is InChI=1S/C18H30N4O2/c1-12(2)8-9-19-17(23)15-14-7-5-6-10-22(14)16(21-15)18(24)20-11-13(3)4/h12-13H,5-11H2,1-4H3,(H,19,23)(H,20,24). The first-order chi connectivity index (χ1) is 11.4. The molecule has 0 bridgehead atoms. The predicted octanol–water partition coefficient (Wildman–Crippen LogP) is 2.38. The van der Waals surface area contributed by atoms with Crippen LogP contribution in [0.25, 0.3) is 0 Å². The Kier molecular flexibility index (Phi) is 6.40. The fourth-order valence-electron chi connectivity index (χ4n) is 2.83. The lowest BCUT2D eigenvalue weighted by Crippen LogP contribution is -2.30. The minimum Gasteiger partial charge on any atom is -0.351 e. The first-order valence-electron chi connectivity index (χ1n) is 9.06. The van der Waals surface area contributed by atoms with E-state index in [1.54, 1.807) is 0 Å². The van der Waals surface area contributed by atoms with Crippen molar-refractivity contribution in [2.45, 2.75) is 59.9 Å². The number of aromatic nitrogens is 2. The Balaban J connectivity index is 2.16. The normalized spacial score (nSPS) is 13.9. The van der Waals surface area contributed by atoms with Crippen LogP contribution in [0.1, 0.15) is 73.8 Å². The SMILES string of the molecule is CC(C)CCNC(=O)c1nc(C(=O)NCC(C)C)n2c1CCCC2. The third-order valence-electron chi connectivity index (χ3n) is 4.21. The molecule has 24 heavy (non-hydrogen) atoms. The molecule has 2 heterocycles. The summed E-state index contributed by atoms with van der Waals surface area (Å²) in [4.78, 5) is 29.3. The van der Waals surface area contributed by atoms with Crippen molar-refractivity contribution in [3.05, 3.63) is 17.2 Å². The molecule has 1 aromatic rings. The highest BCUT2D eigenvalue weighted by molar-refractivity contribution is 5.97. The third-order valence-corrected chi connectivity index (χ3v) is 4.21. The average molecular weight is 334 g/mol. The highest BCUT2D eigenvalue weighted by atomic mass is 16.2. The van der Waals surface area contributed by atoms with Crippen LogP contribution in [0.4, 0.5) is 0 Å². The molecule has 0 fully saturated rings. The number of fused-ring (bicyclic) bond motifs is 1. The zero-order valence-electron chi connectivity index (χ0n) is 15.3. The van der Waals surface area contributed by atoms with Crippen molar-refractivity contribution in [2.75, 3.05) is 13.1 Å². The van der Waals surface area contributed by atoms with Crippen LogP contribution in [0.3, 0.4) is 0 Å². The van der Waals surface area contributed by atoms with E-state index in [0.717, 1.165) is 37.9 Å². The molecule has 0 atom stereocenters. The van der Waals surface area contributed by atoms with Gasteiger partial charge in [-0.25, -0.2) is 4.98 Å². The van der Waals surface area contributed by atoms with Crippen LogP contribution >= 0.6 is 0 Å². The molecule has 0 aliphatic carbocycles. The fourth-order valence-corrected chi connectivity index (χ4v) is 2.83. The average Bonchev–Trinajstić information content (AvgIpc) is 2.92. The maximum absolute atomic E-state index is 12.5. The molecule has 2 N–H and O–H groups in total. The van der Waals surface area contributed by atoms with Gasteiger partial charge >= 0.3 is 0 Å². The summed E-state index contributed by atoms with van der Waals surface area (Å²) in [7, 11) is 0. The van der Waals surface area contributed by atoms with Gasteiger partial charge in [0.1, 0.15) is 5.69 Å². The Labute approximate surface area is 144 Å². The Morgan fingerprint density at radius 2 is 1.83 bits per heavy atom. The van der Waals surface area contributed by atoms with Gasteiger partial charge in [0.25, 0.3) is 11.8 Å². The smallest absolute Gasteiger partial charge is 0.287 e. The molecule has 0 saturated heterocycles. The highest BCUT2D eigenvalue weighted by Gasteiger charge is 2.27. The number of amides is 2. The van der Waals surface area contributed by atoms with Gasteiger partial charge in [-0.3, -0.25) is 9.59 Å². The number of hydrogen-bond acceptors (Lipinski definition) is 3. The van der Waals surface area contributed by atoms with Gasteiger partial charge in [0, 0.05) is 19.6 Å². The lowest BCUT2D eigenvalue weighted by molar-refractivity contribution is 0.0933. The Morgan fingerprint density at radius 3 is 2.50 bits per heavy atom. The maximum atomic E-state index is 12.5. The number of nitrogens with zero attached hydrogens (tertiary/aromatic N) is 2. The number of carbonyl (C=O) groups is 2. The number of rotatable bonds is 7. The molecular weight excluding hydrogens is 304 g/mol. The number of carbonyl (C=O) groups excluding carboxylic acids is 2. The van der Waals surface area contributed by atoms with E-state index in [4.69, 9.17) is 0 Å². The van der Waals surface area contributed by atoms with E-state index >= 15 is 0 Å². The highest BCUT2D eigenvalue weighted by Crippen LogP contribution is 2.21. The van der Waals surface area contributed by atoms with E-state index in [1.807, 2.05) is 4.57 Å². The minimum atomic E-state index is -0.187. The van der Waals surface area contributed by atoms with Crippen molar-refractivity contribution >= 4 is 11.8 Å².